The molecule has 1 fully saturated rings. The van der Waals surface area contributed by atoms with Crippen LogP contribution in [0.1, 0.15) is 18.1 Å². The van der Waals surface area contributed by atoms with Crippen molar-refractivity contribution in [1.82, 2.24) is 4.98 Å². The molecule has 0 aliphatic carbocycles. The molecule has 1 atom stereocenters. The van der Waals surface area contributed by atoms with Gasteiger partial charge in [0.15, 0.2) is 9.84 Å². The Labute approximate surface area is 108 Å². The zero-order valence-corrected chi connectivity index (χ0v) is 11.6. The van der Waals surface area contributed by atoms with Crippen LogP contribution in [0.2, 0.25) is 0 Å². The number of nitrogens with zero attached hydrogens (tertiary/aromatic N) is 2. The maximum Gasteiger partial charge on any atom is 0.154 e. The van der Waals surface area contributed by atoms with Gasteiger partial charge in [0.05, 0.1) is 11.5 Å². The van der Waals surface area contributed by atoms with E-state index in [0.717, 1.165) is 16.9 Å². The molecule has 2 rings (SSSR count). The molecule has 1 aromatic heterocycles. The van der Waals surface area contributed by atoms with Crippen molar-refractivity contribution < 1.29 is 8.42 Å². The van der Waals surface area contributed by atoms with Crippen LogP contribution >= 0.6 is 0 Å². The fraction of sp³-hybridized carbons (Fsp3) is 0.583. The van der Waals surface area contributed by atoms with Crippen LogP contribution in [0.3, 0.4) is 0 Å². The quantitative estimate of drug-likeness (QED) is 0.844. The van der Waals surface area contributed by atoms with E-state index in [1.807, 2.05) is 19.9 Å². The standard InChI is InChI=1S/C12H19N3O2S/c1-9-5-11(6-13)7-14-12(9)15-3-4-18(16,17)8-10(15)2/h5,7,10H,3-4,6,8,13H2,1-2H3. The summed E-state index contributed by atoms with van der Waals surface area (Å²) >= 11 is 0. The molecule has 0 aromatic carbocycles. The van der Waals surface area contributed by atoms with Crippen molar-refractivity contribution in [3.8, 4) is 0 Å². The summed E-state index contributed by atoms with van der Waals surface area (Å²) in [6, 6.07) is 1.98. The minimum Gasteiger partial charge on any atom is -0.352 e. The first-order valence-corrected chi connectivity index (χ1v) is 7.88. The first-order chi connectivity index (χ1) is 8.43. The van der Waals surface area contributed by atoms with Gasteiger partial charge in [-0.2, -0.15) is 0 Å². The number of nitrogens with two attached hydrogens (primary N) is 1. The molecule has 5 nitrogen and oxygen atoms in total. The molecule has 1 aliphatic rings. The van der Waals surface area contributed by atoms with Crippen molar-refractivity contribution in [1.29, 1.82) is 0 Å². The molecule has 0 amide bonds. The fourth-order valence-electron chi connectivity index (χ4n) is 2.35. The Balaban J connectivity index is 2.27. The van der Waals surface area contributed by atoms with Crippen molar-refractivity contribution in [2.45, 2.75) is 26.4 Å². The summed E-state index contributed by atoms with van der Waals surface area (Å²) in [7, 11) is -2.89. The number of sulfone groups is 1. The highest BCUT2D eigenvalue weighted by Gasteiger charge is 2.29. The van der Waals surface area contributed by atoms with E-state index in [9.17, 15) is 8.42 Å². The Hall–Kier alpha value is -1.14. The Bertz CT molecular complexity index is 542. The average Bonchev–Trinajstić information content (AvgIpc) is 2.29. The second kappa shape index (κ2) is 4.85. The molecule has 0 spiro atoms. The highest BCUT2D eigenvalue weighted by molar-refractivity contribution is 7.91. The van der Waals surface area contributed by atoms with Crippen LogP contribution in [0.5, 0.6) is 0 Å². The van der Waals surface area contributed by atoms with Crippen molar-refractivity contribution in [3.05, 3.63) is 23.4 Å². The van der Waals surface area contributed by atoms with Crippen molar-refractivity contribution in [3.63, 3.8) is 0 Å². The number of hydrogen-bond acceptors (Lipinski definition) is 5. The minimum absolute atomic E-state index is 0.0290. The molecule has 18 heavy (non-hydrogen) atoms. The van der Waals surface area contributed by atoms with Crippen molar-refractivity contribution in [2.24, 2.45) is 5.73 Å². The predicted molar refractivity (Wildman–Crippen MR) is 72.3 cm³/mol. The SMILES string of the molecule is Cc1cc(CN)cnc1N1CCS(=O)(=O)CC1C. The maximum absolute atomic E-state index is 11.6. The van der Waals surface area contributed by atoms with Gasteiger partial charge in [-0.15, -0.1) is 0 Å². The summed E-state index contributed by atoms with van der Waals surface area (Å²) in [5.74, 6) is 1.28. The van der Waals surface area contributed by atoms with Crippen LogP contribution in [0, 0.1) is 6.92 Å². The predicted octanol–water partition coefficient (Wildman–Crippen LogP) is 0.472. The third-order valence-corrected chi connectivity index (χ3v) is 5.08. The normalized spacial score (nSPS) is 23.1. The highest BCUT2D eigenvalue weighted by atomic mass is 32.2. The molecule has 2 N–H and O–H groups in total. The lowest BCUT2D eigenvalue weighted by Crippen LogP contribution is -2.47. The van der Waals surface area contributed by atoms with E-state index in [1.54, 1.807) is 6.20 Å². The topological polar surface area (TPSA) is 76.3 Å². The Morgan fingerprint density at radius 3 is 2.83 bits per heavy atom. The zero-order valence-electron chi connectivity index (χ0n) is 10.8. The Morgan fingerprint density at radius 2 is 2.28 bits per heavy atom. The summed E-state index contributed by atoms with van der Waals surface area (Å²) in [5.41, 5.74) is 7.62. The lowest BCUT2D eigenvalue weighted by molar-refractivity contribution is 0.566. The highest BCUT2D eigenvalue weighted by Crippen LogP contribution is 2.23. The number of rotatable bonds is 2. The second-order valence-corrected chi connectivity index (χ2v) is 7.07. The Morgan fingerprint density at radius 1 is 1.56 bits per heavy atom. The van der Waals surface area contributed by atoms with E-state index >= 15 is 0 Å². The number of hydrogen-bond donors (Lipinski definition) is 1. The largest absolute Gasteiger partial charge is 0.352 e. The molecule has 1 unspecified atom stereocenters. The first kappa shape index (κ1) is 13.3. The molecule has 1 saturated heterocycles. The van der Waals surface area contributed by atoms with Gasteiger partial charge in [0.25, 0.3) is 0 Å². The van der Waals surface area contributed by atoms with E-state index in [4.69, 9.17) is 5.73 Å². The smallest absolute Gasteiger partial charge is 0.154 e. The molecule has 100 valence electrons. The van der Waals surface area contributed by atoms with Gasteiger partial charge < -0.3 is 10.6 Å². The minimum atomic E-state index is -2.89. The molecule has 0 bridgehead atoms. The van der Waals surface area contributed by atoms with E-state index in [2.05, 4.69) is 9.88 Å². The number of pyridine rings is 1. The van der Waals surface area contributed by atoms with Crippen molar-refractivity contribution in [2.75, 3.05) is 23.0 Å². The summed E-state index contributed by atoms with van der Waals surface area (Å²) in [6.07, 6.45) is 1.76. The zero-order chi connectivity index (χ0) is 13.3. The second-order valence-electron chi connectivity index (χ2n) is 4.84. The number of aromatic nitrogens is 1. The molecule has 1 aromatic rings. The summed E-state index contributed by atoms with van der Waals surface area (Å²) in [6.45, 7) is 4.89. The van der Waals surface area contributed by atoms with Crippen LogP contribution in [0.15, 0.2) is 12.3 Å². The summed E-state index contributed by atoms with van der Waals surface area (Å²) in [5, 5.41) is 0. The van der Waals surface area contributed by atoms with E-state index in [1.165, 1.54) is 0 Å². The summed E-state index contributed by atoms with van der Waals surface area (Å²) in [4.78, 5) is 6.49. The van der Waals surface area contributed by atoms with Gasteiger partial charge in [-0.3, -0.25) is 0 Å². The van der Waals surface area contributed by atoms with Crippen molar-refractivity contribution >= 4 is 15.7 Å². The summed E-state index contributed by atoms with van der Waals surface area (Å²) < 4.78 is 23.1. The first-order valence-electron chi connectivity index (χ1n) is 6.05. The van der Waals surface area contributed by atoms with Gasteiger partial charge in [-0.25, -0.2) is 13.4 Å². The molecule has 0 saturated carbocycles. The fourth-order valence-corrected chi connectivity index (χ4v) is 3.91. The maximum atomic E-state index is 11.6. The van der Waals surface area contributed by atoms with Gasteiger partial charge in [-0.1, -0.05) is 0 Å². The van der Waals surface area contributed by atoms with Gasteiger partial charge in [-0.05, 0) is 31.0 Å². The average molecular weight is 269 g/mol. The van der Waals surface area contributed by atoms with Crippen LogP contribution in [-0.4, -0.2) is 37.5 Å². The lowest BCUT2D eigenvalue weighted by atomic mass is 10.1. The van der Waals surface area contributed by atoms with E-state index in [0.29, 0.717) is 13.1 Å². The lowest BCUT2D eigenvalue weighted by Gasteiger charge is -2.35. The third-order valence-electron chi connectivity index (χ3n) is 3.29. The van der Waals surface area contributed by atoms with Gasteiger partial charge in [0, 0.05) is 25.3 Å². The monoisotopic (exact) mass is 269 g/mol. The Kier molecular flexibility index (Phi) is 3.59. The van der Waals surface area contributed by atoms with Crippen LogP contribution in [-0.2, 0) is 16.4 Å². The van der Waals surface area contributed by atoms with Crippen LogP contribution < -0.4 is 10.6 Å². The molecule has 0 radical (unpaired) electrons. The van der Waals surface area contributed by atoms with Gasteiger partial charge in [0.1, 0.15) is 5.82 Å². The molecule has 1 aliphatic heterocycles. The molecule has 6 heteroatoms. The van der Waals surface area contributed by atoms with Crippen LogP contribution in [0.4, 0.5) is 5.82 Å². The molecule has 2 heterocycles. The number of aryl methyl sites for hydroxylation is 1. The van der Waals surface area contributed by atoms with E-state index in [-0.39, 0.29) is 17.5 Å². The third kappa shape index (κ3) is 2.64. The number of anilines is 1. The van der Waals surface area contributed by atoms with E-state index < -0.39 is 9.84 Å². The van der Waals surface area contributed by atoms with Gasteiger partial charge >= 0.3 is 0 Å². The van der Waals surface area contributed by atoms with Gasteiger partial charge in [0.2, 0.25) is 0 Å². The molecular formula is C12H19N3O2S. The van der Waals surface area contributed by atoms with Crippen LogP contribution in [0.25, 0.3) is 0 Å². The molecular weight excluding hydrogens is 250 g/mol.